The van der Waals surface area contributed by atoms with Gasteiger partial charge in [0.15, 0.2) is 0 Å². The molecule has 0 radical (unpaired) electrons. The van der Waals surface area contributed by atoms with Gasteiger partial charge in [0.1, 0.15) is 5.75 Å². The fraction of sp³-hybridized carbons (Fsp3) is 0.625. The van der Waals surface area contributed by atoms with Gasteiger partial charge in [0.05, 0.1) is 19.3 Å². The number of hydrogen-bond acceptors (Lipinski definition) is 3. The van der Waals surface area contributed by atoms with E-state index < -0.39 is 6.10 Å². The predicted molar refractivity (Wildman–Crippen MR) is 77.8 cm³/mol. The molecule has 1 aromatic carbocycles. The molecule has 2 atom stereocenters. The minimum Gasteiger partial charge on any atom is -0.493 e. The Hall–Kier alpha value is -1.06. The van der Waals surface area contributed by atoms with Gasteiger partial charge in [0.2, 0.25) is 0 Å². The number of benzene rings is 1. The Morgan fingerprint density at radius 3 is 2.47 bits per heavy atom. The van der Waals surface area contributed by atoms with E-state index in [1.807, 2.05) is 6.92 Å². The largest absolute Gasteiger partial charge is 0.493 e. The van der Waals surface area contributed by atoms with Crippen LogP contribution in [0.5, 0.6) is 5.75 Å². The van der Waals surface area contributed by atoms with Gasteiger partial charge in [-0.25, -0.2) is 0 Å². The Kier molecular flexibility index (Phi) is 6.32. The van der Waals surface area contributed by atoms with E-state index in [2.05, 4.69) is 32.9 Å². The molecule has 3 heteroatoms. The molecule has 3 nitrogen and oxygen atoms in total. The molecule has 2 N–H and O–H groups in total. The average Bonchev–Trinajstić information content (AvgIpc) is 2.38. The maximum atomic E-state index is 9.55. The molecule has 0 spiro atoms. The minimum absolute atomic E-state index is 0.180. The zero-order valence-corrected chi connectivity index (χ0v) is 12.4. The molecule has 108 valence electrons. The molecule has 0 saturated carbocycles. The van der Waals surface area contributed by atoms with Crippen molar-refractivity contribution in [1.29, 1.82) is 0 Å². The number of aliphatic hydroxyl groups is 2. The molecule has 0 heterocycles. The van der Waals surface area contributed by atoms with Crippen molar-refractivity contribution in [2.75, 3.05) is 13.2 Å². The van der Waals surface area contributed by atoms with E-state index in [0.29, 0.717) is 6.42 Å². The van der Waals surface area contributed by atoms with Crippen LogP contribution in [-0.4, -0.2) is 29.5 Å². The lowest BCUT2D eigenvalue weighted by molar-refractivity contribution is 0.0835. The number of aryl methyl sites for hydroxylation is 2. The van der Waals surface area contributed by atoms with E-state index in [1.165, 1.54) is 11.1 Å². The average molecular weight is 266 g/mol. The Morgan fingerprint density at radius 2 is 1.89 bits per heavy atom. The molecule has 0 aromatic heterocycles. The maximum Gasteiger partial charge on any atom is 0.122 e. The standard InChI is InChI=1S/C16H26O3/c1-5-6-19-16-9-12(3)15(8-13(16)4)11(2)7-14(18)10-17/h8-9,11,14,17-18H,5-7,10H2,1-4H3. The Balaban J connectivity index is 2.88. The molecule has 2 unspecified atom stereocenters. The van der Waals surface area contributed by atoms with Crippen LogP contribution in [0.4, 0.5) is 0 Å². The predicted octanol–water partition coefficient (Wildman–Crippen LogP) is 2.94. The van der Waals surface area contributed by atoms with Crippen molar-refractivity contribution < 1.29 is 14.9 Å². The van der Waals surface area contributed by atoms with Crippen molar-refractivity contribution in [3.63, 3.8) is 0 Å². The van der Waals surface area contributed by atoms with Crippen LogP contribution in [-0.2, 0) is 0 Å². The highest BCUT2D eigenvalue weighted by Gasteiger charge is 2.15. The van der Waals surface area contributed by atoms with Gasteiger partial charge in [0, 0.05) is 0 Å². The van der Waals surface area contributed by atoms with Gasteiger partial charge >= 0.3 is 0 Å². The van der Waals surface area contributed by atoms with Gasteiger partial charge in [0.25, 0.3) is 0 Å². The highest BCUT2D eigenvalue weighted by atomic mass is 16.5. The molecule has 1 aromatic rings. The summed E-state index contributed by atoms with van der Waals surface area (Å²) < 4.78 is 5.71. The molecular formula is C16H26O3. The van der Waals surface area contributed by atoms with Crippen molar-refractivity contribution >= 4 is 0 Å². The van der Waals surface area contributed by atoms with Gasteiger partial charge in [-0.3, -0.25) is 0 Å². The quantitative estimate of drug-likeness (QED) is 0.797. The summed E-state index contributed by atoms with van der Waals surface area (Å²) in [7, 11) is 0. The Labute approximate surface area is 116 Å². The minimum atomic E-state index is -0.647. The summed E-state index contributed by atoms with van der Waals surface area (Å²) >= 11 is 0. The van der Waals surface area contributed by atoms with Crippen LogP contribution in [0.1, 0.15) is 49.3 Å². The van der Waals surface area contributed by atoms with E-state index in [1.54, 1.807) is 0 Å². The second-order valence-electron chi connectivity index (χ2n) is 5.30. The summed E-state index contributed by atoms with van der Waals surface area (Å²) in [5, 5.41) is 18.5. The third kappa shape index (κ3) is 4.51. The summed E-state index contributed by atoms with van der Waals surface area (Å²) in [6.07, 6.45) is 0.927. The van der Waals surface area contributed by atoms with Gasteiger partial charge in [-0.2, -0.15) is 0 Å². The van der Waals surface area contributed by atoms with Gasteiger partial charge in [-0.05, 0) is 55.4 Å². The smallest absolute Gasteiger partial charge is 0.122 e. The molecule has 0 aliphatic carbocycles. The van der Waals surface area contributed by atoms with Crippen LogP contribution in [0.25, 0.3) is 0 Å². The highest BCUT2D eigenvalue weighted by molar-refractivity contribution is 5.43. The molecule has 1 rings (SSSR count). The zero-order chi connectivity index (χ0) is 14.4. The van der Waals surface area contributed by atoms with Crippen LogP contribution in [0.3, 0.4) is 0 Å². The maximum absolute atomic E-state index is 9.55. The first-order valence-electron chi connectivity index (χ1n) is 7.02. The third-order valence-corrected chi connectivity index (χ3v) is 3.39. The van der Waals surface area contributed by atoms with E-state index in [4.69, 9.17) is 9.84 Å². The summed E-state index contributed by atoms with van der Waals surface area (Å²) in [4.78, 5) is 0. The fourth-order valence-electron chi connectivity index (χ4n) is 2.32. The lowest BCUT2D eigenvalue weighted by atomic mass is 9.90. The SMILES string of the molecule is CCCOc1cc(C)c(C(C)CC(O)CO)cc1C. The monoisotopic (exact) mass is 266 g/mol. The summed E-state index contributed by atoms with van der Waals surface area (Å²) in [6.45, 7) is 8.83. The van der Waals surface area contributed by atoms with Crippen LogP contribution < -0.4 is 4.74 Å². The van der Waals surface area contributed by atoms with Crippen molar-refractivity contribution in [3.05, 3.63) is 28.8 Å². The number of rotatable bonds is 7. The lowest BCUT2D eigenvalue weighted by Crippen LogP contribution is -2.15. The van der Waals surface area contributed by atoms with Crippen LogP contribution >= 0.6 is 0 Å². The topological polar surface area (TPSA) is 49.7 Å². The Bertz CT molecular complexity index is 401. The van der Waals surface area contributed by atoms with Crippen LogP contribution in [0.2, 0.25) is 0 Å². The second-order valence-corrected chi connectivity index (χ2v) is 5.30. The first kappa shape index (κ1) is 16.0. The fourth-order valence-corrected chi connectivity index (χ4v) is 2.32. The van der Waals surface area contributed by atoms with E-state index >= 15 is 0 Å². The Morgan fingerprint density at radius 1 is 1.21 bits per heavy atom. The lowest BCUT2D eigenvalue weighted by Gasteiger charge is -2.19. The zero-order valence-electron chi connectivity index (χ0n) is 12.4. The number of ether oxygens (including phenoxy) is 1. The van der Waals surface area contributed by atoms with E-state index in [-0.39, 0.29) is 12.5 Å². The third-order valence-electron chi connectivity index (χ3n) is 3.39. The summed E-state index contributed by atoms with van der Waals surface area (Å²) in [5.41, 5.74) is 3.52. The van der Waals surface area contributed by atoms with E-state index in [9.17, 15) is 5.11 Å². The highest BCUT2D eigenvalue weighted by Crippen LogP contribution is 2.30. The second kappa shape index (κ2) is 7.51. The van der Waals surface area contributed by atoms with Gasteiger partial charge < -0.3 is 14.9 Å². The molecule has 0 amide bonds. The summed E-state index contributed by atoms with van der Waals surface area (Å²) in [5.74, 6) is 1.17. The molecule has 0 bridgehead atoms. The van der Waals surface area contributed by atoms with E-state index in [0.717, 1.165) is 24.3 Å². The van der Waals surface area contributed by atoms with Gasteiger partial charge in [-0.15, -0.1) is 0 Å². The van der Waals surface area contributed by atoms with Crippen LogP contribution in [0.15, 0.2) is 12.1 Å². The van der Waals surface area contributed by atoms with Gasteiger partial charge in [-0.1, -0.05) is 19.9 Å². The molecule has 19 heavy (non-hydrogen) atoms. The molecule has 0 aliphatic heterocycles. The summed E-state index contributed by atoms with van der Waals surface area (Å²) in [6, 6.07) is 4.21. The molecule has 0 aliphatic rings. The number of aliphatic hydroxyl groups excluding tert-OH is 2. The van der Waals surface area contributed by atoms with Crippen molar-refractivity contribution in [1.82, 2.24) is 0 Å². The first-order chi connectivity index (χ1) is 8.99. The molecule has 0 fully saturated rings. The first-order valence-corrected chi connectivity index (χ1v) is 7.02. The molecular weight excluding hydrogens is 240 g/mol. The molecule has 0 saturated heterocycles. The van der Waals surface area contributed by atoms with Crippen LogP contribution in [0, 0.1) is 13.8 Å². The normalized spacial score (nSPS) is 14.2. The van der Waals surface area contributed by atoms with Crippen molar-refractivity contribution in [3.8, 4) is 5.75 Å². The number of hydrogen-bond donors (Lipinski definition) is 2. The van der Waals surface area contributed by atoms with Crippen molar-refractivity contribution in [2.45, 2.75) is 52.6 Å². The van der Waals surface area contributed by atoms with Crippen molar-refractivity contribution in [2.24, 2.45) is 0 Å².